The average Bonchev–Trinajstić information content (AvgIpc) is 3.30. The van der Waals surface area contributed by atoms with Crippen molar-refractivity contribution in [3.63, 3.8) is 0 Å². The highest BCUT2D eigenvalue weighted by Gasteiger charge is 2.21. The Labute approximate surface area is 192 Å². The van der Waals surface area contributed by atoms with Crippen LogP contribution in [0.15, 0.2) is 83.7 Å². The number of benzene rings is 3. The van der Waals surface area contributed by atoms with E-state index in [0.717, 1.165) is 48.7 Å². The molecule has 30 heavy (non-hydrogen) atoms. The number of fused-ring (bicyclic) bond motifs is 1. The summed E-state index contributed by atoms with van der Waals surface area (Å²) in [5.74, 6) is 0. The van der Waals surface area contributed by atoms with Gasteiger partial charge in [0.05, 0.1) is 17.9 Å². The monoisotopic (exact) mass is 495 g/mol. The zero-order valence-electron chi connectivity index (χ0n) is 15.7. The van der Waals surface area contributed by atoms with Crippen LogP contribution in [0.2, 0.25) is 10.0 Å². The molecule has 0 radical (unpaired) electrons. The lowest BCUT2D eigenvalue weighted by molar-refractivity contribution is 0.782. The zero-order chi connectivity index (χ0) is 20.7. The fourth-order valence-electron chi connectivity index (χ4n) is 3.71. The first-order valence-corrected chi connectivity index (χ1v) is 11.0. The minimum Gasteiger partial charge on any atom is -0.360 e. The van der Waals surface area contributed by atoms with Gasteiger partial charge in [0, 0.05) is 38.3 Å². The SMILES string of the molecule is Clc1ccc(Cn2c(Br)nc(-c3ccccc3)c2-c2c[nH]c3cc(Cl)ccc23)cc1. The van der Waals surface area contributed by atoms with Gasteiger partial charge in [-0.15, -0.1) is 0 Å². The van der Waals surface area contributed by atoms with Gasteiger partial charge in [0.15, 0.2) is 4.73 Å². The molecule has 5 rings (SSSR count). The quantitative estimate of drug-likeness (QED) is 0.270. The number of imidazole rings is 1. The number of nitrogens with one attached hydrogen (secondary N) is 1. The first-order valence-electron chi connectivity index (χ1n) is 9.43. The normalized spacial score (nSPS) is 11.3. The molecule has 0 aliphatic carbocycles. The van der Waals surface area contributed by atoms with Gasteiger partial charge in [-0.25, -0.2) is 4.98 Å². The third-order valence-corrected chi connectivity index (χ3v) is 6.21. The van der Waals surface area contributed by atoms with Crippen LogP contribution in [-0.2, 0) is 6.54 Å². The maximum Gasteiger partial charge on any atom is 0.178 e. The number of halogens is 3. The second-order valence-corrected chi connectivity index (χ2v) is 8.63. The molecule has 0 bridgehead atoms. The van der Waals surface area contributed by atoms with Gasteiger partial charge >= 0.3 is 0 Å². The van der Waals surface area contributed by atoms with Crippen LogP contribution in [0.25, 0.3) is 33.4 Å². The molecule has 2 heterocycles. The van der Waals surface area contributed by atoms with Crippen LogP contribution in [0.1, 0.15) is 5.56 Å². The van der Waals surface area contributed by atoms with Crippen molar-refractivity contribution in [3.05, 3.63) is 99.3 Å². The predicted octanol–water partition coefficient (Wildman–Crippen LogP) is 7.82. The minimum absolute atomic E-state index is 0.660. The van der Waals surface area contributed by atoms with Crippen molar-refractivity contribution in [1.82, 2.24) is 14.5 Å². The van der Waals surface area contributed by atoms with Crippen LogP contribution in [0.5, 0.6) is 0 Å². The van der Waals surface area contributed by atoms with Crippen molar-refractivity contribution >= 4 is 50.0 Å². The van der Waals surface area contributed by atoms with E-state index in [0.29, 0.717) is 11.6 Å². The largest absolute Gasteiger partial charge is 0.360 e. The van der Waals surface area contributed by atoms with Crippen LogP contribution in [-0.4, -0.2) is 14.5 Å². The van der Waals surface area contributed by atoms with Crippen molar-refractivity contribution < 1.29 is 0 Å². The van der Waals surface area contributed by atoms with E-state index in [9.17, 15) is 0 Å². The predicted molar refractivity (Wildman–Crippen MR) is 128 cm³/mol. The number of nitrogens with zero attached hydrogens (tertiary/aromatic N) is 2. The molecule has 0 unspecified atom stereocenters. The van der Waals surface area contributed by atoms with Crippen LogP contribution in [0.4, 0.5) is 0 Å². The van der Waals surface area contributed by atoms with Gasteiger partial charge in [-0.3, -0.25) is 0 Å². The lowest BCUT2D eigenvalue weighted by Crippen LogP contribution is -2.02. The van der Waals surface area contributed by atoms with Crippen LogP contribution < -0.4 is 0 Å². The van der Waals surface area contributed by atoms with Gasteiger partial charge < -0.3 is 9.55 Å². The Balaban J connectivity index is 1.74. The third-order valence-electron chi connectivity index (χ3n) is 5.12. The van der Waals surface area contributed by atoms with E-state index in [1.54, 1.807) is 0 Å². The highest BCUT2D eigenvalue weighted by atomic mass is 79.9. The minimum atomic E-state index is 0.660. The maximum atomic E-state index is 6.20. The Morgan fingerprint density at radius 1 is 0.900 bits per heavy atom. The average molecular weight is 497 g/mol. The summed E-state index contributed by atoms with van der Waals surface area (Å²) in [7, 11) is 0. The molecule has 1 N–H and O–H groups in total. The molecular formula is C24H16BrCl2N3. The Morgan fingerprint density at radius 3 is 2.40 bits per heavy atom. The number of rotatable bonds is 4. The van der Waals surface area contributed by atoms with E-state index in [1.807, 2.05) is 66.9 Å². The van der Waals surface area contributed by atoms with Gasteiger partial charge in [-0.1, -0.05) is 71.7 Å². The van der Waals surface area contributed by atoms with E-state index in [-0.39, 0.29) is 0 Å². The van der Waals surface area contributed by atoms with Crippen molar-refractivity contribution in [2.45, 2.75) is 6.54 Å². The van der Waals surface area contributed by atoms with Crippen molar-refractivity contribution in [1.29, 1.82) is 0 Å². The molecule has 0 aliphatic rings. The highest BCUT2D eigenvalue weighted by molar-refractivity contribution is 9.10. The van der Waals surface area contributed by atoms with E-state index in [4.69, 9.17) is 28.2 Å². The van der Waals surface area contributed by atoms with Crippen molar-refractivity contribution in [3.8, 4) is 22.5 Å². The fraction of sp³-hybridized carbons (Fsp3) is 0.0417. The standard InChI is InChI=1S/C24H16BrCl2N3/c25-24-29-22(16-4-2-1-3-5-16)23(30(24)14-15-6-8-17(26)9-7-15)20-13-28-21-12-18(27)10-11-19(20)21/h1-13,28H,14H2. The van der Waals surface area contributed by atoms with E-state index in [2.05, 4.69) is 37.6 Å². The van der Waals surface area contributed by atoms with Gasteiger partial charge in [0.25, 0.3) is 0 Å². The first-order chi connectivity index (χ1) is 14.6. The van der Waals surface area contributed by atoms with Crippen molar-refractivity contribution in [2.24, 2.45) is 0 Å². The lowest BCUT2D eigenvalue weighted by Gasteiger charge is -2.11. The molecule has 5 aromatic rings. The summed E-state index contributed by atoms with van der Waals surface area (Å²) in [5, 5.41) is 2.53. The van der Waals surface area contributed by atoms with E-state index in [1.165, 1.54) is 0 Å². The molecule has 0 spiro atoms. The summed E-state index contributed by atoms with van der Waals surface area (Å²) in [6.07, 6.45) is 2.02. The number of aromatic nitrogens is 3. The Bertz CT molecular complexity index is 1340. The summed E-state index contributed by atoms with van der Waals surface area (Å²) in [6, 6.07) is 24.0. The Kier molecular flexibility index (Phi) is 5.15. The zero-order valence-corrected chi connectivity index (χ0v) is 18.8. The summed E-state index contributed by atoms with van der Waals surface area (Å²) in [4.78, 5) is 8.24. The molecule has 2 aromatic heterocycles. The summed E-state index contributed by atoms with van der Waals surface area (Å²) in [5.41, 5.74) is 6.23. The molecule has 6 heteroatoms. The summed E-state index contributed by atoms with van der Waals surface area (Å²) >= 11 is 16.0. The van der Waals surface area contributed by atoms with Gasteiger partial charge in [0.1, 0.15) is 0 Å². The molecule has 3 aromatic carbocycles. The molecule has 0 aliphatic heterocycles. The molecule has 0 atom stereocenters. The summed E-state index contributed by atoms with van der Waals surface area (Å²) < 4.78 is 2.96. The van der Waals surface area contributed by atoms with Gasteiger partial charge in [-0.05, 0) is 45.8 Å². The first kappa shape index (κ1) is 19.4. The molecule has 148 valence electrons. The highest BCUT2D eigenvalue weighted by Crippen LogP contribution is 2.39. The Hall–Kier alpha value is -2.53. The van der Waals surface area contributed by atoms with Crippen molar-refractivity contribution in [2.75, 3.05) is 0 Å². The maximum absolute atomic E-state index is 6.20. The molecule has 0 saturated heterocycles. The molecular weight excluding hydrogens is 481 g/mol. The van der Waals surface area contributed by atoms with E-state index >= 15 is 0 Å². The molecule has 0 amide bonds. The number of H-pyrrole nitrogens is 1. The number of hydrogen-bond donors (Lipinski definition) is 1. The Morgan fingerprint density at radius 2 is 1.63 bits per heavy atom. The topological polar surface area (TPSA) is 33.6 Å². The van der Waals surface area contributed by atoms with Crippen LogP contribution >= 0.6 is 39.1 Å². The molecule has 0 saturated carbocycles. The van der Waals surface area contributed by atoms with Gasteiger partial charge in [0.2, 0.25) is 0 Å². The van der Waals surface area contributed by atoms with E-state index < -0.39 is 0 Å². The molecule has 0 fully saturated rings. The second kappa shape index (κ2) is 7.95. The lowest BCUT2D eigenvalue weighted by atomic mass is 10.0. The number of aromatic amines is 1. The number of hydrogen-bond acceptors (Lipinski definition) is 1. The van der Waals surface area contributed by atoms with Crippen LogP contribution in [0.3, 0.4) is 0 Å². The second-order valence-electron chi connectivity index (χ2n) is 7.05. The van der Waals surface area contributed by atoms with Crippen LogP contribution in [0, 0.1) is 0 Å². The smallest absolute Gasteiger partial charge is 0.178 e. The summed E-state index contributed by atoms with van der Waals surface area (Å²) in [6.45, 7) is 0.660. The molecule has 3 nitrogen and oxygen atoms in total. The third kappa shape index (κ3) is 3.56. The van der Waals surface area contributed by atoms with Gasteiger partial charge in [-0.2, -0.15) is 0 Å². The fourth-order valence-corrected chi connectivity index (χ4v) is 4.49.